The molecule has 2 N–H and O–H groups in total. The van der Waals surface area contributed by atoms with Crippen molar-refractivity contribution in [3.8, 4) is 0 Å². The van der Waals surface area contributed by atoms with Crippen molar-refractivity contribution < 1.29 is 13.2 Å². The van der Waals surface area contributed by atoms with Gasteiger partial charge < -0.3 is 5.32 Å². The van der Waals surface area contributed by atoms with Gasteiger partial charge in [-0.3, -0.25) is 4.79 Å². The minimum absolute atomic E-state index is 0.0256. The third-order valence-corrected chi connectivity index (χ3v) is 4.22. The molecule has 0 bridgehead atoms. The lowest BCUT2D eigenvalue weighted by Crippen LogP contribution is -2.35. The Kier molecular flexibility index (Phi) is 3.55. The molecule has 0 aliphatic carbocycles. The smallest absolute Gasteiger partial charge is 0.243 e. The maximum atomic E-state index is 12.0. The van der Waals surface area contributed by atoms with Crippen LogP contribution in [0.4, 0.5) is 0 Å². The van der Waals surface area contributed by atoms with Crippen LogP contribution in [0, 0.1) is 0 Å². The number of aromatic nitrogens is 2. The summed E-state index contributed by atoms with van der Waals surface area (Å²) in [6.07, 6.45) is 0. The molecule has 1 aromatic heterocycles. The van der Waals surface area contributed by atoms with Crippen molar-refractivity contribution in [3.63, 3.8) is 0 Å². The van der Waals surface area contributed by atoms with Crippen molar-refractivity contribution in [2.45, 2.75) is 4.90 Å². The number of carbonyl (C=O) groups is 1. The van der Waals surface area contributed by atoms with Gasteiger partial charge in [-0.25, -0.2) is 13.1 Å². The molecule has 1 aromatic carbocycles. The van der Waals surface area contributed by atoms with Gasteiger partial charge >= 0.3 is 0 Å². The molecule has 0 aliphatic heterocycles. The van der Waals surface area contributed by atoms with E-state index in [1.807, 2.05) is 0 Å². The Balaban J connectivity index is 2.35. The molecule has 7 nitrogen and oxygen atoms in total. The molecule has 9 heteroatoms. The normalized spacial score (nSPS) is 11.6. The minimum Gasteiger partial charge on any atom is -0.358 e. The van der Waals surface area contributed by atoms with Crippen molar-refractivity contribution in [1.82, 2.24) is 18.8 Å². The van der Waals surface area contributed by atoms with E-state index in [-0.39, 0.29) is 11.4 Å². The van der Waals surface area contributed by atoms with Crippen molar-refractivity contribution >= 4 is 38.7 Å². The highest BCUT2D eigenvalue weighted by Crippen LogP contribution is 2.20. The summed E-state index contributed by atoms with van der Waals surface area (Å²) in [4.78, 5) is 11.1. The Hall–Kier alpha value is -1.58. The fourth-order valence-electron chi connectivity index (χ4n) is 1.32. The summed E-state index contributed by atoms with van der Waals surface area (Å²) < 4.78 is 34.1. The number of fused-ring (bicyclic) bond motifs is 1. The summed E-state index contributed by atoms with van der Waals surface area (Å²) in [5.74, 6) is -0.415. The number of carbonyl (C=O) groups excluding carboxylic acids is 1. The summed E-state index contributed by atoms with van der Waals surface area (Å²) in [7, 11) is -2.34. The summed E-state index contributed by atoms with van der Waals surface area (Å²) in [6.45, 7) is -0.313. The summed E-state index contributed by atoms with van der Waals surface area (Å²) in [5, 5.41) is 2.33. The van der Waals surface area contributed by atoms with E-state index in [2.05, 4.69) is 18.8 Å². The highest BCUT2D eigenvalue weighted by molar-refractivity contribution is 7.89. The number of rotatable bonds is 4. The molecule has 2 aromatic rings. The molecule has 0 fully saturated rings. The SMILES string of the molecule is CNC(=O)CNS(=O)(=O)c1cccc2nsnc12. The van der Waals surface area contributed by atoms with Gasteiger partial charge in [-0.1, -0.05) is 6.07 Å². The Morgan fingerprint density at radius 1 is 1.39 bits per heavy atom. The highest BCUT2D eigenvalue weighted by Gasteiger charge is 2.19. The van der Waals surface area contributed by atoms with Crippen molar-refractivity contribution in [1.29, 1.82) is 0 Å². The fraction of sp³-hybridized carbons (Fsp3) is 0.222. The predicted octanol–water partition coefficient (Wildman–Crippen LogP) is -0.284. The van der Waals surface area contributed by atoms with Gasteiger partial charge in [0.2, 0.25) is 15.9 Å². The molecule has 0 saturated carbocycles. The van der Waals surface area contributed by atoms with Crippen LogP contribution in [0.2, 0.25) is 0 Å². The van der Waals surface area contributed by atoms with Crippen LogP contribution < -0.4 is 10.0 Å². The van der Waals surface area contributed by atoms with Gasteiger partial charge in [0.25, 0.3) is 0 Å². The number of hydrogen-bond acceptors (Lipinski definition) is 6. The van der Waals surface area contributed by atoms with E-state index in [0.717, 1.165) is 11.7 Å². The lowest BCUT2D eigenvalue weighted by atomic mass is 10.3. The van der Waals surface area contributed by atoms with Gasteiger partial charge in [0.05, 0.1) is 18.3 Å². The van der Waals surface area contributed by atoms with Crippen LogP contribution in [0.3, 0.4) is 0 Å². The van der Waals surface area contributed by atoms with Crippen molar-refractivity contribution in [2.24, 2.45) is 0 Å². The van der Waals surface area contributed by atoms with Gasteiger partial charge in [-0.05, 0) is 12.1 Å². The molecular weight excluding hydrogens is 276 g/mol. The number of sulfonamides is 1. The number of amides is 1. The molecular formula is C9H10N4O3S2. The third kappa shape index (κ3) is 2.47. The molecule has 96 valence electrons. The van der Waals surface area contributed by atoms with Crippen LogP contribution >= 0.6 is 11.7 Å². The lowest BCUT2D eigenvalue weighted by Gasteiger charge is -2.05. The Morgan fingerprint density at radius 2 is 2.17 bits per heavy atom. The van der Waals surface area contributed by atoms with E-state index in [4.69, 9.17) is 0 Å². The van der Waals surface area contributed by atoms with Gasteiger partial charge in [0, 0.05) is 7.05 Å². The van der Waals surface area contributed by atoms with Crippen molar-refractivity contribution in [2.75, 3.05) is 13.6 Å². The third-order valence-electron chi connectivity index (χ3n) is 2.24. The molecule has 0 spiro atoms. The Bertz CT molecular complexity index is 680. The molecule has 0 aliphatic rings. The zero-order valence-corrected chi connectivity index (χ0v) is 11.0. The molecule has 1 heterocycles. The standard InChI is InChI=1S/C9H10N4O3S2/c1-10-8(14)5-11-18(15,16)7-4-2-3-6-9(7)13-17-12-6/h2-4,11H,5H2,1H3,(H,10,14). The van der Waals surface area contributed by atoms with E-state index in [1.54, 1.807) is 12.1 Å². The van der Waals surface area contributed by atoms with Crippen molar-refractivity contribution in [3.05, 3.63) is 18.2 Å². The zero-order chi connectivity index (χ0) is 13.2. The number of nitrogens with one attached hydrogen (secondary N) is 2. The monoisotopic (exact) mass is 286 g/mol. The van der Waals surface area contributed by atoms with Gasteiger partial charge in [0.1, 0.15) is 15.9 Å². The van der Waals surface area contributed by atoms with Crippen LogP contribution in [0.1, 0.15) is 0 Å². The van der Waals surface area contributed by atoms with Crippen LogP contribution in [-0.2, 0) is 14.8 Å². The maximum Gasteiger partial charge on any atom is 0.243 e. The molecule has 0 saturated heterocycles. The van der Waals surface area contributed by atoms with Crippen LogP contribution in [0.25, 0.3) is 11.0 Å². The molecule has 0 radical (unpaired) electrons. The highest BCUT2D eigenvalue weighted by atomic mass is 32.2. The maximum absolute atomic E-state index is 12.0. The first-order chi connectivity index (χ1) is 8.54. The van der Waals surface area contributed by atoms with Gasteiger partial charge in [-0.2, -0.15) is 8.75 Å². The first kappa shape index (κ1) is 12.9. The van der Waals surface area contributed by atoms with E-state index >= 15 is 0 Å². The largest absolute Gasteiger partial charge is 0.358 e. The molecule has 0 atom stereocenters. The average molecular weight is 286 g/mol. The number of hydrogen-bond donors (Lipinski definition) is 2. The molecule has 0 unspecified atom stereocenters. The summed E-state index contributed by atoms with van der Waals surface area (Å²) >= 11 is 0.941. The number of likely N-dealkylation sites (N-methyl/N-ethyl adjacent to an activating group) is 1. The number of benzene rings is 1. The second-order valence-corrected chi connectivity index (χ2v) is 5.65. The predicted molar refractivity (Wildman–Crippen MR) is 66.7 cm³/mol. The Labute approximate surface area is 108 Å². The van der Waals surface area contributed by atoms with E-state index in [1.165, 1.54) is 13.1 Å². The topological polar surface area (TPSA) is 101 Å². The first-order valence-corrected chi connectivity index (χ1v) is 7.17. The van der Waals surface area contributed by atoms with E-state index < -0.39 is 15.9 Å². The van der Waals surface area contributed by atoms with E-state index in [0.29, 0.717) is 11.0 Å². The van der Waals surface area contributed by atoms with Crippen LogP contribution in [0.15, 0.2) is 23.1 Å². The van der Waals surface area contributed by atoms with Gasteiger partial charge in [0.15, 0.2) is 0 Å². The molecule has 2 rings (SSSR count). The minimum atomic E-state index is -3.77. The second-order valence-electron chi connectivity index (χ2n) is 3.39. The lowest BCUT2D eigenvalue weighted by molar-refractivity contribution is -0.119. The molecule has 18 heavy (non-hydrogen) atoms. The first-order valence-electron chi connectivity index (χ1n) is 4.96. The number of nitrogens with zero attached hydrogens (tertiary/aromatic N) is 2. The second kappa shape index (κ2) is 4.96. The fourth-order valence-corrected chi connectivity index (χ4v) is 3.07. The van der Waals surface area contributed by atoms with Crippen LogP contribution in [0.5, 0.6) is 0 Å². The van der Waals surface area contributed by atoms with E-state index in [9.17, 15) is 13.2 Å². The quantitative estimate of drug-likeness (QED) is 0.804. The summed E-state index contributed by atoms with van der Waals surface area (Å²) in [5.41, 5.74) is 0.828. The zero-order valence-electron chi connectivity index (χ0n) is 9.37. The molecule has 1 amide bonds. The summed E-state index contributed by atoms with van der Waals surface area (Å²) in [6, 6.07) is 4.69. The average Bonchev–Trinajstić information content (AvgIpc) is 2.83. The Morgan fingerprint density at radius 3 is 2.89 bits per heavy atom. The van der Waals surface area contributed by atoms with Crippen LogP contribution in [-0.4, -0.2) is 36.7 Å². The van der Waals surface area contributed by atoms with Gasteiger partial charge in [-0.15, -0.1) is 0 Å².